The van der Waals surface area contributed by atoms with Crippen LogP contribution in [0.5, 0.6) is 0 Å². The lowest BCUT2D eigenvalue weighted by Gasteiger charge is -2.15. The fraction of sp³-hybridized carbons (Fsp3) is 0.143. The van der Waals surface area contributed by atoms with Crippen LogP contribution in [-0.4, -0.2) is 13.9 Å². The van der Waals surface area contributed by atoms with E-state index in [1.54, 1.807) is 48.5 Å². The highest BCUT2D eigenvalue weighted by Crippen LogP contribution is 2.46. The number of alkyl halides is 3. The molecule has 0 atom stereocenters. The topological polar surface area (TPSA) is 43.4 Å². The molecule has 1 aliphatic rings. The molecule has 0 saturated heterocycles. The largest absolute Gasteiger partial charge is 0.523 e. The molecule has 0 aliphatic heterocycles. The maximum atomic E-state index is 12.5. The Labute approximate surface area is 119 Å². The first-order valence-corrected chi connectivity index (χ1v) is 7.40. The summed E-state index contributed by atoms with van der Waals surface area (Å²) in [5.41, 5.74) is -3.27. The maximum Gasteiger partial charge on any atom is 0.523 e. The fourth-order valence-electron chi connectivity index (χ4n) is 2.39. The third-order valence-corrected chi connectivity index (χ3v) is 4.30. The van der Waals surface area contributed by atoms with Crippen molar-refractivity contribution in [3.63, 3.8) is 0 Å². The van der Waals surface area contributed by atoms with Crippen LogP contribution in [0.1, 0.15) is 17.2 Å². The fourth-order valence-corrected chi connectivity index (χ4v) is 2.96. The van der Waals surface area contributed by atoms with Crippen LogP contribution >= 0.6 is 0 Å². The van der Waals surface area contributed by atoms with Crippen LogP contribution in [-0.2, 0) is 14.3 Å². The molecule has 0 amide bonds. The zero-order chi connectivity index (χ0) is 15.3. The lowest BCUT2D eigenvalue weighted by Crippen LogP contribution is -2.27. The molecule has 110 valence electrons. The van der Waals surface area contributed by atoms with Crippen molar-refractivity contribution < 1.29 is 25.8 Å². The summed E-state index contributed by atoms with van der Waals surface area (Å²) >= 11 is 0. The van der Waals surface area contributed by atoms with Crippen molar-refractivity contribution >= 4 is 10.1 Å². The Balaban J connectivity index is 2.12. The normalized spacial score (nSPS) is 14.8. The van der Waals surface area contributed by atoms with E-state index in [-0.39, 0.29) is 0 Å². The first-order chi connectivity index (χ1) is 9.81. The van der Waals surface area contributed by atoms with Crippen LogP contribution in [0.15, 0.2) is 48.5 Å². The molecule has 2 aromatic rings. The molecular formula is C14H9F3O3S. The Hall–Kier alpha value is -1.86. The minimum Gasteiger partial charge on any atom is -0.250 e. The second-order valence-electron chi connectivity index (χ2n) is 4.55. The summed E-state index contributed by atoms with van der Waals surface area (Å²) in [6.07, 6.45) is -1.27. The highest BCUT2D eigenvalue weighted by molar-refractivity contribution is 7.87. The van der Waals surface area contributed by atoms with Crippen molar-refractivity contribution in [2.24, 2.45) is 0 Å². The average Bonchev–Trinajstić information content (AvgIpc) is 2.73. The van der Waals surface area contributed by atoms with Crippen molar-refractivity contribution in [1.82, 2.24) is 0 Å². The van der Waals surface area contributed by atoms with Gasteiger partial charge in [0.1, 0.15) is 6.10 Å². The van der Waals surface area contributed by atoms with Crippen LogP contribution in [0.3, 0.4) is 0 Å². The second kappa shape index (κ2) is 4.57. The van der Waals surface area contributed by atoms with Gasteiger partial charge in [-0.25, -0.2) is 0 Å². The summed E-state index contributed by atoms with van der Waals surface area (Å²) in [7, 11) is -5.67. The zero-order valence-corrected chi connectivity index (χ0v) is 11.3. The van der Waals surface area contributed by atoms with Crippen LogP contribution in [0.4, 0.5) is 13.2 Å². The monoisotopic (exact) mass is 314 g/mol. The Morgan fingerprint density at radius 2 is 1.29 bits per heavy atom. The number of hydrogen-bond acceptors (Lipinski definition) is 3. The lowest BCUT2D eigenvalue weighted by molar-refractivity contribution is -0.0561. The van der Waals surface area contributed by atoms with E-state index in [1.807, 2.05) is 0 Å². The first kappa shape index (κ1) is 14.1. The summed E-state index contributed by atoms with van der Waals surface area (Å²) < 4.78 is 64.6. The predicted octanol–water partition coefficient (Wildman–Crippen LogP) is 3.62. The Bertz CT molecular complexity index is 752. The van der Waals surface area contributed by atoms with Gasteiger partial charge in [-0.2, -0.15) is 21.6 Å². The van der Waals surface area contributed by atoms with Gasteiger partial charge in [0.05, 0.1) is 0 Å². The molecule has 0 bridgehead atoms. The number of halogens is 3. The van der Waals surface area contributed by atoms with E-state index in [0.717, 1.165) is 0 Å². The first-order valence-electron chi connectivity index (χ1n) is 5.99. The van der Waals surface area contributed by atoms with Gasteiger partial charge in [-0.1, -0.05) is 48.5 Å². The predicted molar refractivity (Wildman–Crippen MR) is 69.8 cm³/mol. The van der Waals surface area contributed by atoms with E-state index in [1.165, 1.54) is 0 Å². The molecule has 2 aromatic carbocycles. The van der Waals surface area contributed by atoms with Crippen molar-refractivity contribution in [2.75, 3.05) is 0 Å². The number of hydrogen-bond donors (Lipinski definition) is 0. The van der Waals surface area contributed by atoms with Gasteiger partial charge in [0.25, 0.3) is 0 Å². The van der Waals surface area contributed by atoms with Gasteiger partial charge in [0.15, 0.2) is 0 Å². The Kier molecular flexibility index (Phi) is 3.07. The molecule has 3 rings (SSSR count). The summed E-state index contributed by atoms with van der Waals surface area (Å²) in [4.78, 5) is 0. The van der Waals surface area contributed by atoms with E-state index in [2.05, 4.69) is 4.18 Å². The molecule has 0 unspecified atom stereocenters. The Morgan fingerprint density at radius 3 is 1.71 bits per heavy atom. The van der Waals surface area contributed by atoms with E-state index in [9.17, 15) is 21.6 Å². The van der Waals surface area contributed by atoms with Gasteiger partial charge in [-0.05, 0) is 22.3 Å². The highest BCUT2D eigenvalue weighted by Gasteiger charge is 2.50. The molecule has 0 fully saturated rings. The molecule has 0 aromatic heterocycles. The van der Waals surface area contributed by atoms with Gasteiger partial charge in [-0.15, -0.1) is 0 Å². The molecule has 1 aliphatic carbocycles. The van der Waals surface area contributed by atoms with Gasteiger partial charge in [-0.3, -0.25) is 4.18 Å². The number of fused-ring (bicyclic) bond motifs is 3. The molecule has 0 saturated carbocycles. The van der Waals surface area contributed by atoms with Crippen molar-refractivity contribution in [1.29, 1.82) is 0 Å². The molecule has 21 heavy (non-hydrogen) atoms. The molecule has 0 N–H and O–H groups in total. The summed E-state index contributed by atoms with van der Waals surface area (Å²) in [5, 5.41) is 0. The minimum absolute atomic E-state index is 0.409. The number of rotatable bonds is 2. The SMILES string of the molecule is O=S(=O)(OC1c2ccccc2-c2ccccc21)C(F)(F)F. The van der Waals surface area contributed by atoms with Crippen LogP contribution in [0.25, 0.3) is 11.1 Å². The Morgan fingerprint density at radius 1 is 0.857 bits per heavy atom. The van der Waals surface area contributed by atoms with E-state index < -0.39 is 21.7 Å². The summed E-state index contributed by atoms with van der Waals surface area (Å²) in [6.45, 7) is 0. The van der Waals surface area contributed by atoms with Gasteiger partial charge < -0.3 is 0 Å². The standard InChI is InChI=1S/C14H9F3O3S/c15-14(16,17)21(18,19)20-13-11-7-3-1-5-9(11)10-6-2-4-8-12(10)13/h1-8,13H. The quantitative estimate of drug-likeness (QED) is 0.628. The van der Waals surface area contributed by atoms with Gasteiger partial charge in [0, 0.05) is 0 Å². The van der Waals surface area contributed by atoms with E-state index in [4.69, 9.17) is 0 Å². The minimum atomic E-state index is -5.67. The molecular weight excluding hydrogens is 305 g/mol. The van der Waals surface area contributed by atoms with Crippen LogP contribution in [0.2, 0.25) is 0 Å². The van der Waals surface area contributed by atoms with E-state index in [0.29, 0.717) is 22.3 Å². The number of benzene rings is 2. The molecule has 0 spiro atoms. The molecule has 7 heteroatoms. The van der Waals surface area contributed by atoms with E-state index >= 15 is 0 Å². The van der Waals surface area contributed by atoms with Crippen molar-refractivity contribution in [2.45, 2.75) is 11.6 Å². The molecule has 3 nitrogen and oxygen atoms in total. The lowest BCUT2D eigenvalue weighted by atomic mass is 10.1. The summed E-state index contributed by atoms with van der Waals surface area (Å²) in [5.74, 6) is 0. The maximum absolute atomic E-state index is 12.5. The summed E-state index contributed by atoms with van der Waals surface area (Å²) in [6, 6.07) is 13.3. The van der Waals surface area contributed by atoms with Crippen molar-refractivity contribution in [3.05, 3.63) is 59.7 Å². The smallest absolute Gasteiger partial charge is 0.250 e. The third-order valence-electron chi connectivity index (χ3n) is 3.28. The van der Waals surface area contributed by atoms with Crippen molar-refractivity contribution in [3.8, 4) is 11.1 Å². The zero-order valence-electron chi connectivity index (χ0n) is 10.5. The average molecular weight is 314 g/mol. The highest BCUT2D eigenvalue weighted by atomic mass is 32.2. The van der Waals surface area contributed by atoms with Gasteiger partial charge in [0.2, 0.25) is 0 Å². The second-order valence-corrected chi connectivity index (χ2v) is 6.11. The molecule has 0 radical (unpaired) electrons. The van der Waals surface area contributed by atoms with Crippen LogP contribution < -0.4 is 0 Å². The van der Waals surface area contributed by atoms with Crippen LogP contribution in [0, 0.1) is 0 Å². The third kappa shape index (κ3) is 2.22. The van der Waals surface area contributed by atoms with Gasteiger partial charge >= 0.3 is 15.6 Å². The molecule has 0 heterocycles.